The molecule has 0 aromatic heterocycles. The van der Waals surface area contributed by atoms with Gasteiger partial charge in [-0.1, -0.05) is 48.0 Å². The predicted molar refractivity (Wildman–Crippen MR) is 73.2 cm³/mol. The second-order valence-corrected chi connectivity index (χ2v) is 4.85. The molecule has 0 bridgehead atoms. The van der Waals surface area contributed by atoms with Crippen LogP contribution in [-0.4, -0.2) is 24.8 Å². The van der Waals surface area contributed by atoms with E-state index in [0.717, 1.165) is 25.0 Å². The number of alkyl halides is 1. The molecule has 0 spiro atoms. The summed E-state index contributed by atoms with van der Waals surface area (Å²) in [6.45, 7) is 5.52. The summed E-state index contributed by atoms with van der Waals surface area (Å²) < 4.78 is 10.8. The van der Waals surface area contributed by atoms with Crippen molar-refractivity contribution in [1.82, 2.24) is 0 Å². The molecule has 98 valence electrons. The minimum Gasteiger partial charge on any atom is -0.353 e. The van der Waals surface area contributed by atoms with Crippen LogP contribution in [0.4, 0.5) is 0 Å². The highest BCUT2D eigenvalue weighted by atomic mass is 79.9. The largest absolute Gasteiger partial charge is 0.353 e. The first-order valence-corrected chi connectivity index (χ1v) is 7.72. The smallest absolute Gasteiger partial charge is 0.154 e. The van der Waals surface area contributed by atoms with Gasteiger partial charge < -0.3 is 9.47 Å². The topological polar surface area (TPSA) is 18.5 Å². The Morgan fingerprint density at radius 2 is 1.44 bits per heavy atom. The quantitative estimate of drug-likeness (QED) is 0.299. The number of hydrogen-bond donors (Lipinski definition) is 0. The van der Waals surface area contributed by atoms with E-state index in [1.54, 1.807) is 0 Å². The van der Waals surface area contributed by atoms with Crippen LogP contribution in [0.15, 0.2) is 0 Å². The van der Waals surface area contributed by atoms with E-state index in [1.807, 2.05) is 13.8 Å². The highest BCUT2D eigenvalue weighted by Crippen LogP contribution is 2.08. The van der Waals surface area contributed by atoms with Gasteiger partial charge in [0.1, 0.15) is 0 Å². The minimum absolute atomic E-state index is 0.0380. The van der Waals surface area contributed by atoms with E-state index in [2.05, 4.69) is 15.9 Å². The summed E-state index contributed by atoms with van der Waals surface area (Å²) in [5.41, 5.74) is 0. The monoisotopic (exact) mass is 294 g/mol. The number of halogens is 1. The van der Waals surface area contributed by atoms with Crippen LogP contribution in [-0.2, 0) is 9.47 Å². The van der Waals surface area contributed by atoms with Gasteiger partial charge in [0.15, 0.2) is 6.29 Å². The normalized spacial score (nSPS) is 12.9. The molecule has 0 aliphatic heterocycles. The van der Waals surface area contributed by atoms with Gasteiger partial charge in [0, 0.05) is 18.5 Å². The van der Waals surface area contributed by atoms with Gasteiger partial charge in [-0.2, -0.15) is 0 Å². The number of ether oxygens (including phenoxy) is 2. The van der Waals surface area contributed by atoms with E-state index in [0.29, 0.717) is 0 Å². The standard InChI is InChI=1S/C13H27BrO2/c1-3-15-13(2)16-12-10-8-6-4-5-7-9-11-14/h13H,3-12H2,1-2H3. The summed E-state index contributed by atoms with van der Waals surface area (Å²) >= 11 is 3.45. The first kappa shape index (κ1) is 16.4. The maximum absolute atomic E-state index is 5.50. The zero-order valence-electron chi connectivity index (χ0n) is 10.8. The average molecular weight is 295 g/mol. The Bertz CT molecular complexity index is 131. The number of rotatable bonds is 12. The molecule has 3 heteroatoms. The van der Waals surface area contributed by atoms with Crippen molar-refractivity contribution in [3.8, 4) is 0 Å². The Morgan fingerprint density at radius 1 is 0.875 bits per heavy atom. The lowest BCUT2D eigenvalue weighted by Crippen LogP contribution is -2.13. The molecule has 0 aliphatic carbocycles. The van der Waals surface area contributed by atoms with Crippen molar-refractivity contribution in [3.05, 3.63) is 0 Å². The van der Waals surface area contributed by atoms with E-state index in [9.17, 15) is 0 Å². The Hall–Kier alpha value is 0.400. The summed E-state index contributed by atoms with van der Waals surface area (Å²) in [6.07, 6.45) is 9.18. The summed E-state index contributed by atoms with van der Waals surface area (Å²) in [7, 11) is 0. The van der Waals surface area contributed by atoms with Gasteiger partial charge in [-0.25, -0.2) is 0 Å². The molecule has 0 fully saturated rings. The molecule has 0 heterocycles. The molecular weight excluding hydrogens is 268 g/mol. The minimum atomic E-state index is -0.0380. The molecule has 0 radical (unpaired) electrons. The van der Waals surface area contributed by atoms with Crippen LogP contribution in [0.5, 0.6) is 0 Å². The van der Waals surface area contributed by atoms with Gasteiger partial charge in [0.05, 0.1) is 0 Å². The summed E-state index contributed by atoms with van der Waals surface area (Å²) in [5.74, 6) is 0. The number of hydrogen-bond acceptors (Lipinski definition) is 2. The van der Waals surface area contributed by atoms with Crippen molar-refractivity contribution < 1.29 is 9.47 Å². The van der Waals surface area contributed by atoms with Crippen molar-refractivity contribution >= 4 is 15.9 Å². The zero-order valence-corrected chi connectivity index (χ0v) is 12.4. The molecule has 0 saturated carbocycles. The van der Waals surface area contributed by atoms with Gasteiger partial charge in [0.25, 0.3) is 0 Å². The lowest BCUT2D eigenvalue weighted by atomic mass is 10.1. The highest BCUT2D eigenvalue weighted by molar-refractivity contribution is 9.09. The predicted octanol–water partition coefficient (Wildman–Crippen LogP) is 4.51. The van der Waals surface area contributed by atoms with Crippen LogP contribution >= 0.6 is 15.9 Å². The van der Waals surface area contributed by atoms with Crippen LogP contribution < -0.4 is 0 Å². The third-order valence-corrected chi connectivity index (χ3v) is 3.09. The Labute approximate surface area is 109 Å². The average Bonchev–Trinajstić information content (AvgIpc) is 2.27. The van der Waals surface area contributed by atoms with Crippen molar-refractivity contribution in [2.24, 2.45) is 0 Å². The molecule has 0 saturated heterocycles. The molecular formula is C13H27BrO2. The molecule has 0 rings (SSSR count). The van der Waals surface area contributed by atoms with Crippen molar-refractivity contribution in [1.29, 1.82) is 0 Å². The molecule has 2 nitrogen and oxygen atoms in total. The summed E-state index contributed by atoms with van der Waals surface area (Å²) in [4.78, 5) is 0. The SMILES string of the molecule is CCOC(C)OCCCCCCCCCBr. The fraction of sp³-hybridized carbons (Fsp3) is 1.00. The van der Waals surface area contributed by atoms with Gasteiger partial charge in [-0.05, 0) is 26.7 Å². The molecule has 0 aromatic rings. The Kier molecular flexibility index (Phi) is 13.8. The first-order valence-electron chi connectivity index (χ1n) is 6.60. The summed E-state index contributed by atoms with van der Waals surface area (Å²) in [5, 5.41) is 1.15. The second kappa shape index (κ2) is 13.5. The molecule has 0 amide bonds. The maximum atomic E-state index is 5.50. The molecule has 0 N–H and O–H groups in total. The lowest BCUT2D eigenvalue weighted by molar-refractivity contribution is -0.127. The van der Waals surface area contributed by atoms with Crippen LogP contribution in [0, 0.1) is 0 Å². The van der Waals surface area contributed by atoms with Crippen LogP contribution in [0.25, 0.3) is 0 Å². The Balaban J connectivity index is 2.98. The van der Waals surface area contributed by atoms with Crippen molar-refractivity contribution in [2.75, 3.05) is 18.5 Å². The molecule has 0 aromatic carbocycles. The van der Waals surface area contributed by atoms with Crippen molar-refractivity contribution in [2.45, 2.75) is 65.1 Å². The second-order valence-electron chi connectivity index (χ2n) is 4.06. The molecule has 16 heavy (non-hydrogen) atoms. The van der Waals surface area contributed by atoms with Gasteiger partial charge >= 0.3 is 0 Å². The molecule has 0 aliphatic rings. The maximum Gasteiger partial charge on any atom is 0.154 e. The van der Waals surface area contributed by atoms with E-state index in [-0.39, 0.29) is 6.29 Å². The summed E-state index contributed by atoms with van der Waals surface area (Å²) in [6, 6.07) is 0. The molecule has 1 unspecified atom stereocenters. The first-order chi connectivity index (χ1) is 7.81. The van der Waals surface area contributed by atoms with E-state index >= 15 is 0 Å². The van der Waals surface area contributed by atoms with E-state index < -0.39 is 0 Å². The lowest BCUT2D eigenvalue weighted by Gasteiger charge is -2.12. The van der Waals surface area contributed by atoms with Crippen LogP contribution in [0.1, 0.15) is 58.8 Å². The van der Waals surface area contributed by atoms with E-state index in [4.69, 9.17) is 9.47 Å². The fourth-order valence-electron chi connectivity index (χ4n) is 1.61. The third-order valence-electron chi connectivity index (χ3n) is 2.53. The highest BCUT2D eigenvalue weighted by Gasteiger charge is 1.99. The van der Waals surface area contributed by atoms with Gasteiger partial charge in [-0.15, -0.1) is 0 Å². The van der Waals surface area contributed by atoms with Gasteiger partial charge in [0.2, 0.25) is 0 Å². The number of unbranched alkanes of at least 4 members (excludes halogenated alkanes) is 6. The Morgan fingerprint density at radius 3 is 2.00 bits per heavy atom. The zero-order chi connectivity index (χ0) is 12.1. The van der Waals surface area contributed by atoms with Crippen LogP contribution in [0.3, 0.4) is 0 Å². The van der Waals surface area contributed by atoms with Crippen molar-refractivity contribution in [3.63, 3.8) is 0 Å². The van der Waals surface area contributed by atoms with Gasteiger partial charge in [-0.3, -0.25) is 0 Å². The van der Waals surface area contributed by atoms with Crippen LogP contribution in [0.2, 0.25) is 0 Å². The van der Waals surface area contributed by atoms with E-state index in [1.165, 1.54) is 38.5 Å². The third kappa shape index (κ3) is 12.5. The molecule has 1 atom stereocenters. The fourth-order valence-corrected chi connectivity index (χ4v) is 2.01.